The topological polar surface area (TPSA) is 63.3 Å². The molecule has 0 aliphatic carbocycles. The summed E-state index contributed by atoms with van der Waals surface area (Å²) in [6.07, 6.45) is 4.11. The molecule has 1 aromatic carbocycles. The maximum Gasteiger partial charge on any atom is 0.271 e. The number of carbonyl (C=O) groups is 1. The van der Waals surface area contributed by atoms with E-state index in [1.807, 2.05) is 29.9 Å². The smallest absolute Gasteiger partial charge is 0.271 e. The molecule has 1 unspecified atom stereocenters. The van der Waals surface area contributed by atoms with Crippen LogP contribution in [0.3, 0.4) is 0 Å². The van der Waals surface area contributed by atoms with Gasteiger partial charge >= 0.3 is 0 Å². The van der Waals surface area contributed by atoms with Gasteiger partial charge < -0.3 is 9.73 Å². The molecule has 3 heterocycles. The molecule has 4 rings (SSSR count). The van der Waals surface area contributed by atoms with E-state index in [1.165, 1.54) is 10.9 Å². The van der Waals surface area contributed by atoms with Crippen molar-refractivity contribution in [2.75, 3.05) is 20.1 Å². The molecular formula is C20H24N4O2. The molecule has 1 aliphatic heterocycles. The fraction of sp³-hybridized carbons (Fsp3) is 0.400. The molecule has 0 spiro atoms. The van der Waals surface area contributed by atoms with Gasteiger partial charge in [-0.25, -0.2) is 0 Å². The van der Waals surface area contributed by atoms with Gasteiger partial charge in [-0.15, -0.1) is 0 Å². The second-order valence-electron chi connectivity index (χ2n) is 6.92. The summed E-state index contributed by atoms with van der Waals surface area (Å²) >= 11 is 0. The Morgan fingerprint density at radius 1 is 1.35 bits per heavy atom. The maximum atomic E-state index is 11.7. The van der Waals surface area contributed by atoms with Crippen molar-refractivity contribution in [2.24, 2.45) is 0 Å². The highest BCUT2D eigenvalue weighted by Gasteiger charge is 2.24. The largest absolute Gasteiger partial charge is 0.461 e. The Hall–Kier alpha value is -2.60. The minimum Gasteiger partial charge on any atom is -0.461 e. The first-order chi connectivity index (χ1) is 12.7. The van der Waals surface area contributed by atoms with Crippen LogP contribution in [0.25, 0.3) is 11.0 Å². The number of fused-ring (bicyclic) bond motifs is 1. The third kappa shape index (κ3) is 3.12. The van der Waals surface area contributed by atoms with Gasteiger partial charge in [0.05, 0.1) is 6.04 Å². The number of para-hydroxylation sites is 1. The predicted octanol–water partition coefficient (Wildman–Crippen LogP) is 3.13. The second kappa shape index (κ2) is 6.96. The van der Waals surface area contributed by atoms with Gasteiger partial charge in [0, 0.05) is 37.3 Å². The molecule has 1 aliphatic rings. The molecule has 136 valence electrons. The van der Waals surface area contributed by atoms with Gasteiger partial charge in [0.25, 0.3) is 5.91 Å². The number of rotatable bonds is 4. The number of furan rings is 1. The minimum absolute atomic E-state index is 0.142. The SMILES string of the molecule is CNC(=O)c1ccn(C2CCCN(Cc3c(C)oc4ccccc34)C2)n1. The van der Waals surface area contributed by atoms with Crippen molar-refractivity contribution in [2.45, 2.75) is 32.4 Å². The third-order valence-corrected chi connectivity index (χ3v) is 5.20. The molecule has 1 saturated heterocycles. The van der Waals surface area contributed by atoms with Gasteiger partial charge in [-0.05, 0) is 38.4 Å². The van der Waals surface area contributed by atoms with Crippen molar-refractivity contribution in [1.29, 1.82) is 0 Å². The maximum absolute atomic E-state index is 11.7. The Bertz CT molecular complexity index is 927. The first-order valence-corrected chi connectivity index (χ1v) is 9.12. The van der Waals surface area contributed by atoms with Crippen LogP contribution in [0.4, 0.5) is 0 Å². The second-order valence-corrected chi connectivity index (χ2v) is 6.92. The number of aromatic nitrogens is 2. The monoisotopic (exact) mass is 352 g/mol. The predicted molar refractivity (Wildman–Crippen MR) is 100 cm³/mol. The number of carbonyl (C=O) groups excluding carboxylic acids is 1. The molecule has 1 N–H and O–H groups in total. The van der Waals surface area contributed by atoms with E-state index in [4.69, 9.17) is 4.42 Å². The number of nitrogens with zero attached hydrogens (tertiary/aromatic N) is 3. The van der Waals surface area contributed by atoms with Gasteiger partial charge in [0.2, 0.25) is 0 Å². The number of hydrogen-bond acceptors (Lipinski definition) is 4. The summed E-state index contributed by atoms with van der Waals surface area (Å²) in [6.45, 7) is 4.91. The summed E-state index contributed by atoms with van der Waals surface area (Å²) in [5, 5.41) is 8.29. The Morgan fingerprint density at radius 3 is 3.04 bits per heavy atom. The van der Waals surface area contributed by atoms with E-state index in [0.717, 1.165) is 43.8 Å². The van der Waals surface area contributed by atoms with E-state index in [-0.39, 0.29) is 5.91 Å². The van der Waals surface area contributed by atoms with Crippen LogP contribution in [0.15, 0.2) is 40.9 Å². The molecular weight excluding hydrogens is 328 g/mol. The van der Waals surface area contributed by atoms with Gasteiger partial charge in [0.1, 0.15) is 17.0 Å². The van der Waals surface area contributed by atoms with E-state index < -0.39 is 0 Å². The third-order valence-electron chi connectivity index (χ3n) is 5.20. The summed E-state index contributed by atoms with van der Waals surface area (Å²) in [5.41, 5.74) is 2.70. The van der Waals surface area contributed by atoms with Gasteiger partial charge in [-0.1, -0.05) is 18.2 Å². The van der Waals surface area contributed by atoms with Crippen molar-refractivity contribution in [1.82, 2.24) is 20.0 Å². The number of nitrogens with one attached hydrogen (secondary N) is 1. The van der Waals surface area contributed by atoms with Crippen molar-refractivity contribution < 1.29 is 9.21 Å². The Labute approximate surface area is 152 Å². The molecule has 26 heavy (non-hydrogen) atoms. The number of piperidine rings is 1. The highest BCUT2D eigenvalue weighted by Crippen LogP contribution is 2.29. The first kappa shape index (κ1) is 16.8. The number of benzene rings is 1. The lowest BCUT2D eigenvalue weighted by Gasteiger charge is -2.32. The highest BCUT2D eigenvalue weighted by molar-refractivity contribution is 5.91. The summed E-state index contributed by atoms with van der Waals surface area (Å²) in [6, 6.07) is 10.3. The zero-order valence-corrected chi connectivity index (χ0v) is 15.2. The lowest BCUT2D eigenvalue weighted by Crippen LogP contribution is -2.36. The van der Waals surface area contributed by atoms with Crippen LogP contribution in [0, 0.1) is 6.92 Å². The molecule has 0 saturated carbocycles. The Morgan fingerprint density at radius 2 is 2.19 bits per heavy atom. The van der Waals surface area contributed by atoms with Crippen LogP contribution in [0.1, 0.15) is 40.7 Å². The van der Waals surface area contributed by atoms with Crippen molar-refractivity contribution in [3.63, 3.8) is 0 Å². The number of aryl methyl sites for hydroxylation is 1. The molecule has 0 radical (unpaired) electrons. The number of likely N-dealkylation sites (tertiary alicyclic amines) is 1. The zero-order valence-electron chi connectivity index (χ0n) is 15.2. The number of amides is 1. The molecule has 6 nitrogen and oxygen atoms in total. The zero-order chi connectivity index (χ0) is 18.1. The molecule has 1 atom stereocenters. The molecule has 2 aromatic heterocycles. The molecule has 1 amide bonds. The van der Waals surface area contributed by atoms with Crippen molar-refractivity contribution in [3.8, 4) is 0 Å². The summed E-state index contributed by atoms with van der Waals surface area (Å²) in [4.78, 5) is 14.2. The van der Waals surface area contributed by atoms with Crippen LogP contribution in [-0.4, -0.2) is 40.7 Å². The summed E-state index contributed by atoms with van der Waals surface area (Å²) in [7, 11) is 1.63. The van der Waals surface area contributed by atoms with Crippen LogP contribution in [0.5, 0.6) is 0 Å². The van der Waals surface area contributed by atoms with E-state index >= 15 is 0 Å². The van der Waals surface area contributed by atoms with E-state index in [9.17, 15) is 4.79 Å². The number of hydrogen-bond donors (Lipinski definition) is 1. The Kier molecular flexibility index (Phi) is 4.51. The Balaban J connectivity index is 1.51. The quantitative estimate of drug-likeness (QED) is 0.783. The lowest BCUT2D eigenvalue weighted by atomic mass is 10.0. The fourth-order valence-electron chi connectivity index (χ4n) is 3.82. The van der Waals surface area contributed by atoms with E-state index in [2.05, 4.69) is 27.4 Å². The highest BCUT2D eigenvalue weighted by atomic mass is 16.3. The van der Waals surface area contributed by atoms with E-state index in [1.54, 1.807) is 13.1 Å². The lowest BCUT2D eigenvalue weighted by molar-refractivity contribution is 0.0955. The molecule has 0 bridgehead atoms. The van der Waals surface area contributed by atoms with Crippen LogP contribution >= 0.6 is 0 Å². The average molecular weight is 352 g/mol. The van der Waals surface area contributed by atoms with Gasteiger partial charge in [-0.2, -0.15) is 5.10 Å². The normalized spacial score (nSPS) is 18.3. The van der Waals surface area contributed by atoms with Crippen LogP contribution in [0.2, 0.25) is 0 Å². The van der Waals surface area contributed by atoms with Gasteiger partial charge in [0.15, 0.2) is 0 Å². The van der Waals surface area contributed by atoms with E-state index in [0.29, 0.717) is 11.7 Å². The van der Waals surface area contributed by atoms with Gasteiger partial charge in [-0.3, -0.25) is 14.4 Å². The van der Waals surface area contributed by atoms with Crippen molar-refractivity contribution in [3.05, 3.63) is 53.5 Å². The first-order valence-electron chi connectivity index (χ1n) is 9.12. The molecule has 6 heteroatoms. The summed E-state index contributed by atoms with van der Waals surface area (Å²) < 4.78 is 7.85. The standard InChI is InChI=1S/C20H24N4O2/c1-14-17(16-7-3-4-8-19(16)26-14)13-23-10-5-6-15(12-23)24-11-9-18(22-24)20(25)21-2/h3-4,7-9,11,15H,5-6,10,12-13H2,1-2H3,(H,21,25). The van der Waals surface area contributed by atoms with Crippen LogP contribution < -0.4 is 5.32 Å². The molecule has 3 aromatic rings. The fourth-order valence-corrected chi connectivity index (χ4v) is 3.82. The average Bonchev–Trinajstić information content (AvgIpc) is 3.27. The summed E-state index contributed by atoms with van der Waals surface area (Å²) in [5.74, 6) is 0.853. The minimum atomic E-state index is -0.142. The van der Waals surface area contributed by atoms with Crippen LogP contribution in [-0.2, 0) is 6.54 Å². The van der Waals surface area contributed by atoms with Crippen molar-refractivity contribution >= 4 is 16.9 Å². The molecule has 1 fully saturated rings.